The molecule has 3 rings (SSSR count). The van der Waals surface area contributed by atoms with E-state index in [2.05, 4.69) is 34.0 Å². The van der Waals surface area contributed by atoms with E-state index < -0.39 is 5.97 Å². The highest BCUT2D eigenvalue weighted by atomic mass is 16.4. The molecule has 0 aromatic heterocycles. The molecule has 6 heteroatoms. The molecule has 1 heterocycles. The Kier molecular flexibility index (Phi) is 6.09. The van der Waals surface area contributed by atoms with Crippen LogP contribution in [-0.4, -0.2) is 34.7 Å². The highest BCUT2D eigenvalue weighted by molar-refractivity contribution is 6.04. The fourth-order valence-corrected chi connectivity index (χ4v) is 2.45. The van der Waals surface area contributed by atoms with E-state index in [0.717, 1.165) is 11.3 Å². The van der Waals surface area contributed by atoms with Gasteiger partial charge in [0.05, 0.1) is 12.1 Å². The van der Waals surface area contributed by atoms with Crippen molar-refractivity contribution >= 4 is 23.7 Å². The zero-order valence-electron chi connectivity index (χ0n) is 15.3. The van der Waals surface area contributed by atoms with Gasteiger partial charge in [-0.3, -0.25) is 9.79 Å². The number of aliphatic hydroxyl groups excluding tert-OH is 1. The van der Waals surface area contributed by atoms with Crippen LogP contribution in [0.25, 0.3) is 0 Å². The van der Waals surface area contributed by atoms with Crippen LogP contribution in [0.2, 0.25) is 0 Å². The Bertz CT molecular complexity index is 1120. The van der Waals surface area contributed by atoms with Gasteiger partial charge < -0.3 is 15.5 Å². The van der Waals surface area contributed by atoms with E-state index in [-0.39, 0.29) is 30.1 Å². The number of aliphatic imine (C=N–C) groups is 1. The third-order valence-electron chi connectivity index (χ3n) is 4.01. The Labute approximate surface area is 167 Å². The van der Waals surface area contributed by atoms with Crippen molar-refractivity contribution in [1.29, 1.82) is 0 Å². The van der Waals surface area contributed by atoms with Crippen molar-refractivity contribution in [2.24, 2.45) is 4.99 Å². The number of hydrogen-bond acceptors (Lipinski definition) is 5. The number of allylic oxidation sites excluding steroid dienone is 1. The molecule has 0 unspecified atom stereocenters. The summed E-state index contributed by atoms with van der Waals surface area (Å²) in [6.45, 7) is 0.241. The number of nitrogens with one attached hydrogen (secondary N) is 1. The molecule has 2 aromatic rings. The number of aliphatic hydroxyl groups is 1. The van der Waals surface area contributed by atoms with Crippen molar-refractivity contribution in [1.82, 2.24) is 0 Å². The van der Waals surface area contributed by atoms with E-state index in [4.69, 9.17) is 5.11 Å². The molecule has 2 aromatic carbocycles. The quantitative estimate of drug-likeness (QED) is 0.704. The first kappa shape index (κ1) is 19.5. The summed E-state index contributed by atoms with van der Waals surface area (Å²) in [5.74, 6) is 9.68. The SMILES string of the molecule is O=C1CC=NC(CNc2ccc(C#CC#Cc3ccc(C(=O)O)cc3)cc2)=C1O. The van der Waals surface area contributed by atoms with Crippen molar-refractivity contribution in [3.05, 3.63) is 76.7 Å². The predicted molar refractivity (Wildman–Crippen MR) is 110 cm³/mol. The topological polar surface area (TPSA) is 99.0 Å². The standard InChI is InChI=1S/C23H16N2O4/c26-21-13-14-24-20(22(21)27)15-25-19-11-7-17(8-12-19)4-2-1-3-16-5-9-18(10-6-16)23(28)29/h5-12,14,25,27H,13,15H2,(H,28,29). The summed E-state index contributed by atoms with van der Waals surface area (Å²) in [6, 6.07) is 13.6. The monoisotopic (exact) mass is 384 g/mol. The second-order valence-corrected chi connectivity index (χ2v) is 6.05. The molecule has 0 aliphatic carbocycles. The van der Waals surface area contributed by atoms with Crippen molar-refractivity contribution in [2.45, 2.75) is 6.42 Å². The van der Waals surface area contributed by atoms with E-state index in [1.807, 2.05) is 24.3 Å². The maximum absolute atomic E-state index is 11.4. The van der Waals surface area contributed by atoms with Crippen LogP contribution in [0.1, 0.15) is 27.9 Å². The summed E-state index contributed by atoms with van der Waals surface area (Å²) in [6.07, 6.45) is 1.61. The lowest BCUT2D eigenvalue weighted by Crippen LogP contribution is -2.15. The van der Waals surface area contributed by atoms with E-state index in [9.17, 15) is 14.7 Å². The van der Waals surface area contributed by atoms with E-state index in [1.54, 1.807) is 12.1 Å². The number of nitrogens with zero attached hydrogens (tertiary/aromatic N) is 1. The average Bonchev–Trinajstić information content (AvgIpc) is 2.73. The second-order valence-electron chi connectivity index (χ2n) is 6.05. The number of aromatic carboxylic acids is 1. The molecule has 0 saturated heterocycles. The Morgan fingerprint density at radius 1 is 1.00 bits per heavy atom. The number of carbonyl (C=O) groups is 2. The largest absolute Gasteiger partial charge is 0.503 e. The van der Waals surface area contributed by atoms with Crippen molar-refractivity contribution in [3.8, 4) is 23.7 Å². The molecule has 0 fully saturated rings. The molecule has 142 valence electrons. The number of hydrogen-bond donors (Lipinski definition) is 3. The maximum Gasteiger partial charge on any atom is 0.335 e. The molecule has 0 radical (unpaired) electrons. The van der Waals surface area contributed by atoms with Crippen molar-refractivity contribution in [3.63, 3.8) is 0 Å². The number of carboxylic acids is 1. The van der Waals surface area contributed by atoms with Crippen LogP contribution in [0.4, 0.5) is 5.69 Å². The molecular formula is C23H16N2O4. The number of rotatable bonds is 4. The van der Waals surface area contributed by atoms with Crippen LogP contribution in [0, 0.1) is 23.7 Å². The summed E-state index contributed by atoms with van der Waals surface area (Å²) in [5, 5.41) is 21.7. The number of carboxylic acid groups (broad SMARTS) is 1. The van der Waals surface area contributed by atoms with Gasteiger partial charge in [-0.05, 0) is 60.4 Å². The van der Waals surface area contributed by atoms with Crippen LogP contribution < -0.4 is 5.32 Å². The predicted octanol–water partition coefficient (Wildman–Crippen LogP) is 3.01. The molecule has 6 nitrogen and oxygen atoms in total. The highest BCUT2D eigenvalue weighted by Gasteiger charge is 2.16. The summed E-state index contributed by atoms with van der Waals surface area (Å²) in [4.78, 5) is 26.3. The lowest BCUT2D eigenvalue weighted by Gasteiger charge is -2.11. The number of carbonyl (C=O) groups excluding carboxylic acids is 1. The molecule has 29 heavy (non-hydrogen) atoms. The van der Waals surface area contributed by atoms with Gasteiger partial charge in [0, 0.05) is 29.4 Å². The highest BCUT2D eigenvalue weighted by Crippen LogP contribution is 2.14. The van der Waals surface area contributed by atoms with Gasteiger partial charge >= 0.3 is 5.97 Å². The van der Waals surface area contributed by atoms with Crippen LogP contribution >= 0.6 is 0 Å². The number of anilines is 1. The summed E-state index contributed by atoms with van der Waals surface area (Å²) >= 11 is 0. The molecule has 0 bridgehead atoms. The molecule has 1 aliphatic rings. The van der Waals surface area contributed by atoms with Crippen molar-refractivity contribution < 1.29 is 19.8 Å². The van der Waals surface area contributed by atoms with Gasteiger partial charge in [-0.25, -0.2) is 4.79 Å². The van der Waals surface area contributed by atoms with Gasteiger partial charge in [0.15, 0.2) is 5.76 Å². The van der Waals surface area contributed by atoms with Gasteiger partial charge in [-0.1, -0.05) is 11.8 Å². The minimum atomic E-state index is -0.976. The lowest BCUT2D eigenvalue weighted by atomic mass is 10.1. The first-order valence-electron chi connectivity index (χ1n) is 8.70. The first-order valence-corrected chi connectivity index (χ1v) is 8.70. The number of ketones is 1. The Balaban J connectivity index is 1.58. The van der Waals surface area contributed by atoms with Gasteiger partial charge in [0.2, 0.25) is 5.78 Å². The Morgan fingerprint density at radius 3 is 2.17 bits per heavy atom. The van der Waals surface area contributed by atoms with E-state index in [1.165, 1.54) is 18.3 Å². The van der Waals surface area contributed by atoms with Crippen LogP contribution in [0.5, 0.6) is 0 Å². The third kappa shape index (κ3) is 5.35. The second kappa shape index (κ2) is 9.07. The van der Waals surface area contributed by atoms with E-state index in [0.29, 0.717) is 11.3 Å². The third-order valence-corrected chi connectivity index (χ3v) is 4.01. The molecule has 1 aliphatic heterocycles. The molecule has 0 saturated carbocycles. The molecule has 0 atom stereocenters. The fraction of sp³-hybridized carbons (Fsp3) is 0.0870. The zero-order valence-corrected chi connectivity index (χ0v) is 15.3. The maximum atomic E-state index is 11.4. The van der Waals surface area contributed by atoms with Crippen LogP contribution in [0.3, 0.4) is 0 Å². The fourth-order valence-electron chi connectivity index (χ4n) is 2.45. The van der Waals surface area contributed by atoms with Crippen molar-refractivity contribution in [2.75, 3.05) is 11.9 Å². The summed E-state index contributed by atoms with van der Waals surface area (Å²) in [7, 11) is 0. The summed E-state index contributed by atoms with van der Waals surface area (Å²) < 4.78 is 0. The summed E-state index contributed by atoms with van der Waals surface area (Å²) in [5.41, 5.74) is 2.79. The smallest absolute Gasteiger partial charge is 0.335 e. The number of Topliss-reactive ketones (excluding diaryl/α,β-unsaturated/α-hetero) is 1. The Morgan fingerprint density at radius 2 is 1.59 bits per heavy atom. The minimum Gasteiger partial charge on any atom is -0.503 e. The zero-order chi connectivity index (χ0) is 20.6. The normalized spacial score (nSPS) is 12.5. The number of benzene rings is 2. The molecule has 0 amide bonds. The average molecular weight is 384 g/mol. The molecular weight excluding hydrogens is 368 g/mol. The van der Waals surface area contributed by atoms with Gasteiger partial charge in [-0.2, -0.15) is 0 Å². The molecule has 3 N–H and O–H groups in total. The molecule has 0 spiro atoms. The van der Waals surface area contributed by atoms with Crippen LogP contribution in [0.15, 0.2) is 65.0 Å². The lowest BCUT2D eigenvalue weighted by molar-refractivity contribution is -0.117. The van der Waals surface area contributed by atoms with E-state index >= 15 is 0 Å². The van der Waals surface area contributed by atoms with Crippen LogP contribution in [-0.2, 0) is 4.79 Å². The minimum absolute atomic E-state index is 0.124. The van der Waals surface area contributed by atoms with Gasteiger partial charge in [0.1, 0.15) is 5.70 Å². The van der Waals surface area contributed by atoms with Gasteiger partial charge in [0.25, 0.3) is 0 Å². The van der Waals surface area contributed by atoms with Gasteiger partial charge in [-0.15, -0.1) is 0 Å². The Hall–Kier alpha value is -4.29. The first-order chi connectivity index (χ1) is 14.0.